The number of carbonyl (C=O) groups excluding carboxylic acids is 1. The molecule has 0 saturated carbocycles. The van der Waals surface area contributed by atoms with Crippen molar-refractivity contribution in [3.05, 3.63) is 24.0 Å². The highest BCUT2D eigenvalue weighted by molar-refractivity contribution is 5.75. The summed E-state index contributed by atoms with van der Waals surface area (Å²) in [5.74, 6) is 0.249. The zero-order valence-electron chi connectivity index (χ0n) is 12.7. The van der Waals surface area contributed by atoms with E-state index >= 15 is 0 Å². The largest absolute Gasteiger partial charge is 0.477 e. The van der Waals surface area contributed by atoms with E-state index in [2.05, 4.69) is 24.1 Å². The van der Waals surface area contributed by atoms with Crippen LogP contribution in [-0.2, 0) is 16.1 Å². The molecule has 20 heavy (non-hydrogen) atoms. The smallest absolute Gasteiger partial charge is 0.347 e. The van der Waals surface area contributed by atoms with Gasteiger partial charge in [-0.25, -0.2) is 4.79 Å². The molecular weight excluding hydrogens is 256 g/mol. The summed E-state index contributed by atoms with van der Waals surface area (Å²) in [6.07, 6.45) is 1.63. The summed E-state index contributed by atoms with van der Waals surface area (Å²) >= 11 is 0. The minimum Gasteiger partial charge on any atom is -0.477 e. The van der Waals surface area contributed by atoms with Gasteiger partial charge in [0.2, 0.25) is 0 Å². The number of carbonyl (C=O) groups is 1. The molecule has 0 fully saturated rings. The maximum Gasteiger partial charge on any atom is 0.347 e. The first-order chi connectivity index (χ1) is 9.56. The van der Waals surface area contributed by atoms with Crippen LogP contribution in [0.3, 0.4) is 0 Å². The molecule has 0 aliphatic rings. The molecule has 5 heteroatoms. The average Bonchev–Trinajstić information content (AvgIpc) is 2.44. The van der Waals surface area contributed by atoms with E-state index in [-0.39, 0.29) is 5.97 Å². The summed E-state index contributed by atoms with van der Waals surface area (Å²) < 4.78 is 10.6. The second-order valence-electron chi connectivity index (χ2n) is 4.79. The summed E-state index contributed by atoms with van der Waals surface area (Å²) in [6.45, 7) is 8.91. The summed E-state index contributed by atoms with van der Waals surface area (Å²) in [4.78, 5) is 15.9. The Hall–Kier alpha value is -1.62. The number of nitrogens with zero attached hydrogens (tertiary/aromatic N) is 1. The number of nitrogens with one attached hydrogen (secondary N) is 1. The Morgan fingerprint density at radius 1 is 1.35 bits per heavy atom. The fraction of sp³-hybridized carbons (Fsp3) is 0.600. The standard InChI is InChI=1S/C15H24N2O3/c1-5-14(15(18)19-6-2)20-13-8-7-12(17-10-13)9-16-11(3)4/h7-8,10-11,14,16H,5-6,9H2,1-4H3. The molecule has 0 aliphatic carbocycles. The minimum atomic E-state index is -0.573. The molecule has 1 N–H and O–H groups in total. The van der Waals surface area contributed by atoms with Crippen LogP contribution in [0.15, 0.2) is 18.3 Å². The summed E-state index contributed by atoms with van der Waals surface area (Å²) in [7, 11) is 0. The van der Waals surface area contributed by atoms with Crippen molar-refractivity contribution in [2.24, 2.45) is 0 Å². The van der Waals surface area contributed by atoms with Crippen molar-refractivity contribution in [1.29, 1.82) is 0 Å². The van der Waals surface area contributed by atoms with Gasteiger partial charge >= 0.3 is 5.97 Å². The SMILES string of the molecule is CCOC(=O)C(CC)Oc1ccc(CNC(C)C)nc1. The van der Waals surface area contributed by atoms with Gasteiger partial charge in [-0.1, -0.05) is 20.8 Å². The van der Waals surface area contributed by atoms with E-state index < -0.39 is 6.10 Å². The lowest BCUT2D eigenvalue weighted by atomic mass is 10.2. The quantitative estimate of drug-likeness (QED) is 0.740. The van der Waals surface area contributed by atoms with Gasteiger partial charge in [0.25, 0.3) is 0 Å². The molecule has 0 saturated heterocycles. The first-order valence-corrected chi connectivity index (χ1v) is 7.08. The van der Waals surface area contributed by atoms with Crippen LogP contribution in [0.5, 0.6) is 5.75 Å². The number of ether oxygens (including phenoxy) is 2. The topological polar surface area (TPSA) is 60.5 Å². The Labute approximate surface area is 120 Å². The third-order valence-electron chi connectivity index (χ3n) is 2.69. The number of hydrogen-bond donors (Lipinski definition) is 1. The molecule has 0 bridgehead atoms. The van der Waals surface area contributed by atoms with Gasteiger partial charge in [-0.05, 0) is 25.5 Å². The summed E-state index contributed by atoms with van der Waals surface area (Å²) in [5.41, 5.74) is 0.940. The molecule has 1 heterocycles. The van der Waals surface area contributed by atoms with E-state index in [1.807, 2.05) is 19.1 Å². The van der Waals surface area contributed by atoms with Gasteiger partial charge in [0.1, 0.15) is 5.75 Å². The van der Waals surface area contributed by atoms with Gasteiger partial charge < -0.3 is 14.8 Å². The Morgan fingerprint density at radius 2 is 2.10 bits per heavy atom. The first-order valence-electron chi connectivity index (χ1n) is 7.08. The van der Waals surface area contributed by atoms with Crippen LogP contribution in [-0.4, -0.2) is 29.7 Å². The molecular formula is C15H24N2O3. The van der Waals surface area contributed by atoms with E-state index in [9.17, 15) is 4.79 Å². The van der Waals surface area contributed by atoms with E-state index in [0.717, 1.165) is 5.69 Å². The first kappa shape index (κ1) is 16.4. The second-order valence-corrected chi connectivity index (χ2v) is 4.79. The predicted octanol–water partition coefficient (Wildman–Crippen LogP) is 2.30. The van der Waals surface area contributed by atoms with Crippen molar-refractivity contribution >= 4 is 5.97 Å². The molecule has 1 unspecified atom stereocenters. The minimum absolute atomic E-state index is 0.333. The van der Waals surface area contributed by atoms with Gasteiger partial charge in [-0.3, -0.25) is 4.98 Å². The normalized spacial score (nSPS) is 12.2. The maximum atomic E-state index is 11.6. The van der Waals surface area contributed by atoms with E-state index in [1.54, 1.807) is 13.1 Å². The Balaban J connectivity index is 2.57. The third-order valence-corrected chi connectivity index (χ3v) is 2.69. The van der Waals surface area contributed by atoms with Crippen LogP contribution in [0.25, 0.3) is 0 Å². The van der Waals surface area contributed by atoms with Crippen LogP contribution in [0.2, 0.25) is 0 Å². The lowest BCUT2D eigenvalue weighted by Gasteiger charge is -2.16. The Bertz CT molecular complexity index is 404. The molecule has 0 spiro atoms. The van der Waals surface area contributed by atoms with Crippen LogP contribution in [0, 0.1) is 0 Å². The van der Waals surface area contributed by atoms with Crippen molar-refractivity contribution in [3.8, 4) is 5.75 Å². The highest BCUT2D eigenvalue weighted by Crippen LogP contribution is 2.13. The average molecular weight is 280 g/mol. The summed E-state index contributed by atoms with van der Waals surface area (Å²) in [6, 6.07) is 4.13. The Kier molecular flexibility index (Phi) is 7.01. The third kappa shape index (κ3) is 5.57. The lowest BCUT2D eigenvalue weighted by Crippen LogP contribution is -2.28. The zero-order valence-corrected chi connectivity index (χ0v) is 12.7. The van der Waals surface area contributed by atoms with Crippen molar-refractivity contribution in [3.63, 3.8) is 0 Å². The van der Waals surface area contributed by atoms with Gasteiger partial charge in [-0.15, -0.1) is 0 Å². The monoisotopic (exact) mass is 280 g/mol. The lowest BCUT2D eigenvalue weighted by molar-refractivity contribution is -0.151. The number of aromatic nitrogens is 1. The zero-order chi connectivity index (χ0) is 15.0. The van der Waals surface area contributed by atoms with Crippen molar-refractivity contribution < 1.29 is 14.3 Å². The van der Waals surface area contributed by atoms with Crippen LogP contribution in [0.4, 0.5) is 0 Å². The van der Waals surface area contributed by atoms with Crippen molar-refractivity contribution in [2.45, 2.75) is 52.8 Å². The number of pyridine rings is 1. The van der Waals surface area contributed by atoms with Crippen LogP contribution < -0.4 is 10.1 Å². The maximum absolute atomic E-state index is 11.6. The van der Waals surface area contributed by atoms with E-state index in [1.165, 1.54) is 0 Å². The van der Waals surface area contributed by atoms with Crippen LogP contribution >= 0.6 is 0 Å². The molecule has 0 amide bonds. The molecule has 1 aromatic heterocycles. The van der Waals surface area contributed by atoms with Crippen molar-refractivity contribution in [2.75, 3.05) is 6.61 Å². The van der Waals surface area contributed by atoms with E-state index in [4.69, 9.17) is 9.47 Å². The molecule has 0 radical (unpaired) electrons. The van der Waals surface area contributed by atoms with Gasteiger partial charge in [-0.2, -0.15) is 0 Å². The highest BCUT2D eigenvalue weighted by Gasteiger charge is 2.19. The van der Waals surface area contributed by atoms with Crippen molar-refractivity contribution in [1.82, 2.24) is 10.3 Å². The van der Waals surface area contributed by atoms with Gasteiger partial charge in [0.05, 0.1) is 18.5 Å². The molecule has 1 atom stereocenters. The highest BCUT2D eigenvalue weighted by atomic mass is 16.6. The molecule has 0 aliphatic heterocycles. The number of rotatable bonds is 8. The molecule has 1 aromatic rings. The fourth-order valence-electron chi connectivity index (χ4n) is 1.59. The van der Waals surface area contributed by atoms with Gasteiger partial charge in [0.15, 0.2) is 6.10 Å². The van der Waals surface area contributed by atoms with E-state index in [0.29, 0.717) is 31.4 Å². The fourth-order valence-corrected chi connectivity index (χ4v) is 1.59. The molecule has 0 aromatic carbocycles. The number of hydrogen-bond acceptors (Lipinski definition) is 5. The second kappa shape index (κ2) is 8.53. The molecule has 112 valence electrons. The van der Waals surface area contributed by atoms with Gasteiger partial charge in [0, 0.05) is 12.6 Å². The molecule has 1 rings (SSSR count). The summed E-state index contributed by atoms with van der Waals surface area (Å²) in [5, 5.41) is 3.29. The predicted molar refractivity (Wildman–Crippen MR) is 77.6 cm³/mol. The number of esters is 1. The molecule has 5 nitrogen and oxygen atoms in total. The van der Waals surface area contributed by atoms with Crippen LogP contribution in [0.1, 0.15) is 39.8 Å². The Morgan fingerprint density at radius 3 is 2.60 bits per heavy atom.